The zero-order chi connectivity index (χ0) is 14.1. The van der Waals surface area contributed by atoms with Crippen LogP contribution >= 0.6 is 11.6 Å². The molecule has 2 heterocycles. The number of halogens is 1. The van der Waals surface area contributed by atoms with Crippen molar-refractivity contribution >= 4 is 28.5 Å². The molecule has 20 heavy (non-hydrogen) atoms. The van der Waals surface area contributed by atoms with E-state index in [0.29, 0.717) is 17.1 Å². The number of hydrogen-bond donors (Lipinski definition) is 1. The maximum Gasteiger partial charge on any atom is 0.337 e. The molecule has 1 aromatic carbocycles. The normalized spacial score (nSPS) is 10.8. The van der Waals surface area contributed by atoms with E-state index in [2.05, 4.69) is 4.98 Å². The first-order chi connectivity index (χ1) is 9.66. The Morgan fingerprint density at radius 2 is 2.10 bits per heavy atom. The molecule has 0 saturated carbocycles. The molecule has 3 rings (SSSR count). The lowest BCUT2D eigenvalue weighted by atomic mass is 10.2. The van der Waals surface area contributed by atoms with E-state index in [4.69, 9.17) is 11.6 Å². The lowest BCUT2D eigenvalue weighted by Crippen LogP contribution is -1.99. The second-order valence-corrected chi connectivity index (χ2v) is 4.87. The number of aromatic carboxylic acids is 1. The van der Waals surface area contributed by atoms with Gasteiger partial charge in [-0.05, 0) is 17.7 Å². The minimum atomic E-state index is -0.930. The van der Waals surface area contributed by atoms with Gasteiger partial charge in [0.25, 0.3) is 0 Å². The van der Waals surface area contributed by atoms with Gasteiger partial charge >= 0.3 is 5.97 Å². The fourth-order valence-electron chi connectivity index (χ4n) is 2.26. The Morgan fingerprint density at radius 1 is 1.30 bits per heavy atom. The van der Waals surface area contributed by atoms with E-state index in [1.54, 1.807) is 18.6 Å². The fourth-order valence-corrected chi connectivity index (χ4v) is 2.44. The zero-order valence-electron chi connectivity index (χ0n) is 10.5. The highest BCUT2D eigenvalue weighted by molar-refractivity contribution is 6.31. The van der Waals surface area contributed by atoms with Crippen molar-refractivity contribution < 1.29 is 9.90 Å². The minimum absolute atomic E-state index is 0.297. The predicted molar refractivity (Wildman–Crippen MR) is 77.2 cm³/mol. The maximum atomic E-state index is 11.3. The van der Waals surface area contributed by atoms with Gasteiger partial charge in [0.05, 0.1) is 10.6 Å². The van der Waals surface area contributed by atoms with Crippen LogP contribution in [0.4, 0.5) is 0 Å². The van der Waals surface area contributed by atoms with Gasteiger partial charge in [0.1, 0.15) is 0 Å². The smallest absolute Gasteiger partial charge is 0.337 e. The summed E-state index contributed by atoms with van der Waals surface area (Å²) in [7, 11) is 0. The van der Waals surface area contributed by atoms with E-state index in [9.17, 15) is 9.90 Å². The molecule has 1 N–H and O–H groups in total. The topological polar surface area (TPSA) is 55.1 Å². The van der Waals surface area contributed by atoms with Crippen LogP contribution in [0.15, 0.2) is 48.9 Å². The molecule has 3 aromatic rings. The molecule has 4 nitrogen and oxygen atoms in total. The maximum absolute atomic E-state index is 11.3. The molecule has 2 aromatic heterocycles. The van der Waals surface area contributed by atoms with Crippen LogP contribution in [0.1, 0.15) is 15.9 Å². The van der Waals surface area contributed by atoms with Gasteiger partial charge < -0.3 is 9.67 Å². The Morgan fingerprint density at radius 3 is 2.85 bits per heavy atom. The average molecular weight is 287 g/mol. The first-order valence-corrected chi connectivity index (χ1v) is 6.44. The molecule has 0 bridgehead atoms. The molecule has 0 spiro atoms. The number of rotatable bonds is 3. The Hall–Kier alpha value is -2.33. The van der Waals surface area contributed by atoms with Crippen LogP contribution in [0.25, 0.3) is 10.9 Å². The van der Waals surface area contributed by atoms with Gasteiger partial charge in [-0.1, -0.05) is 29.8 Å². The van der Waals surface area contributed by atoms with Gasteiger partial charge in [0.2, 0.25) is 0 Å². The van der Waals surface area contributed by atoms with E-state index in [0.717, 1.165) is 16.5 Å². The monoisotopic (exact) mass is 286 g/mol. The van der Waals surface area contributed by atoms with Crippen LogP contribution in [0, 0.1) is 0 Å². The first-order valence-electron chi connectivity index (χ1n) is 6.06. The van der Waals surface area contributed by atoms with Crippen molar-refractivity contribution in [3.05, 3.63) is 65.1 Å². The quantitative estimate of drug-likeness (QED) is 0.802. The molecule has 0 radical (unpaired) electrons. The third kappa shape index (κ3) is 2.14. The Balaban J connectivity index is 2.13. The van der Waals surface area contributed by atoms with E-state index in [-0.39, 0.29) is 0 Å². The molecular weight excluding hydrogens is 276 g/mol. The van der Waals surface area contributed by atoms with Crippen molar-refractivity contribution in [3.8, 4) is 0 Å². The van der Waals surface area contributed by atoms with Crippen LogP contribution in [0.5, 0.6) is 0 Å². The molecule has 0 aliphatic carbocycles. The zero-order valence-corrected chi connectivity index (χ0v) is 11.2. The summed E-state index contributed by atoms with van der Waals surface area (Å²) in [6.07, 6.45) is 4.90. The standard InChI is InChI=1S/C15H11ClN2O2/c16-13-7-17-6-5-10(13)8-18-9-12(15(19)20)11-3-1-2-4-14(11)18/h1-7,9H,8H2,(H,19,20). The van der Waals surface area contributed by atoms with Gasteiger partial charge in [0.15, 0.2) is 0 Å². The Kier molecular flexibility index (Phi) is 3.16. The van der Waals surface area contributed by atoms with Crippen molar-refractivity contribution in [2.24, 2.45) is 0 Å². The van der Waals surface area contributed by atoms with Gasteiger partial charge in [-0.3, -0.25) is 4.98 Å². The molecule has 0 amide bonds. The summed E-state index contributed by atoms with van der Waals surface area (Å²) < 4.78 is 1.89. The van der Waals surface area contributed by atoms with Crippen LogP contribution in [0.3, 0.4) is 0 Å². The summed E-state index contributed by atoms with van der Waals surface area (Å²) in [6.45, 7) is 0.509. The van der Waals surface area contributed by atoms with Crippen LogP contribution in [-0.2, 0) is 6.54 Å². The number of carbonyl (C=O) groups is 1. The molecular formula is C15H11ClN2O2. The first kappa shape index (κ1) is 12.7. The summed E-state index contributed by atoms with van der Waals surface area (Å²) in [6, 6.07) is 9.26. The summed E-state index contributed by atoms with van der Waals surface area (Å²) in [5.41, 5.74) is 2.07. The van der Waals surface area contributed by atoms with Gasteiger partial charge in [0, 0.05) is 36.0 Å². The highest BCUT2D eigenvalue weighted by Gasteiger charge is 2.14. The molecule has 100 valence electrons. The van der Waals surface area contributed by atoms with Crippen molar-refractivity contribution in [1.82, 2.24) is 9.55 Å². The number of nitrogens with zero attached hydrogens (tertiary/aromatic N) is 2. The lowest BCUT2D eigenvalue weighted by Gasteiger charge is -2.06. The van der Waals surface area contributed by atoms with Gasteiger partial charge in [-0.15, -0.1) is 0 Å². The lowest BCUT2D eigenvalue weighted by molar-refractivity contribution is 0.0699. The predicted octanol–water partition coefficient (Wildman–Crippen LogP) is 3.44. The van der Waals surface area contributed by atoms with Crippen LogP contribution in [-0.4, -0.2) is 20.6 Å². The van der Waals surface area contributed by atoms with E-state index < -0.39 is 5.97 Å². The highest BCUT2D eigenvalue weighted by Crippen LogP contribution is 2.24. The average Bonchev–Trinajstić information content (AvgIpc) is 2.81. The van der Waals surface area contributed by atoms with Crippen molar-refractivity contribution in [2.75, 3.05) is 0 Å². The molecule has 0 fully saturated rings. The second-order valence-electron chi connectivity index (χ2n) is 4.46. The minimum Gasteiger partial charge on any atom is -0.478 e. The van der Waals surface area contributed by atoms with Crippen molar-refractivity contribution in [2.45, 2.75) is 6.54 Å². The number of benzene rings is 1. The number of fused-ring (bicyclic) bond motifs is 1. The number of pyridine rings is 1. The van der Waals surface area contributed by atoms with Gasteiger partial charge in [-0.2, -0.15) is 0 Å². The number of para-hydroxylation sites is 1. The molecule has 0 saturated heterocycles. The summed E-state index contributed by atoms with van der Waals surface area (Å²) in [4.78, 5) is 15.2. The highest BCUT2D eigenvalue weighted by atomic mass is 35.5. The van der Waals surface area contributed by atoms with Crippen molar-refractivity contribution in [3.63, 3.8) is 0 Å². The summed E-state index contributed by atoms with van der Waals surface area (Å²) >= 11 is 6.10. The second kappa shape index (κ2) is 4.98. The fraction of sp³-hybridized carbons (Fsp3) is 0.0667. The molecule has 5 heteroatoms. The molecule has 0 aliphatic rings. The van der Waals surface area contributed by atoms with Gasteiger partial charge in [-0.25, -0.2) is 4.79 Å². The van der Waals surface area contributed by atoms with E-state index in [1.165, 1.54) is 0 Å². The SMILES string of the molecule is O=C(O)c1cn(Cc2ccncc2Cl)c2ccccc12. The molecule has 0 aliphatic heterocycles. The van der Waals surface area contributed by atoms with E-state index >= 15 is 0 Å². The van der Waals surface area contributed by atoms with Crippen molar-refractivity contribution in [1.29, 1.82) is 0 Å². The largest absolute Gasteiger partial charge is 0.478 e. The molecule has 0 atom stereocenters. The Labute approximate surface area is 120 Å². The summed E-state index contributed by atoms with van der Waals surface area (Å²) in [5, 5.41) is 10.6. The number of carboxylic acids is 1. The Bertz CT molecular complexity index is 795. The third-order valence-corrected chi connectivity index (χ3v) is 3.56. The molecule has 0 unspecified atom stereocenters. The van der Waals surface area contributed by atoms with E-state index in [1.807, 2.05) is 34.9 Å². The van der Waals surface area contributed by atoms with Crippen LogP contribution in [0.2, 0.25) is 5.02 Å². The number of hydrogen-bond acceptors (Lipinski definition) is 2. The van der Waals surface area contributed by atoms with Crippen LogP contribution < -0.4 is 0 Å². The summed E-state index contributed by atoms with van der Waals surface area (Å²) in [5.74, 6) is -0.930. The third-order valence-electron chi connectivity index (χ3n) is 3.22. The number of carboxylic acid groups (broad SMARTS) is 1. The number of aromatic nitrogens is 2.